The van der Waals surface area contributed by atoms with Crippen LogP contribution in [0.2, 0.25) is 0 Å². The van der Waals surface area contributed by atoms with Crippen LogP contribution in [0, 0.1) is 0 Å². The molecule has 0 aliphatic carbocycles. The van der Waals surface area contributed by atoms with E-state index in [4.69, 9.17) is 4.74 Å². The highest BCUT2D eigenvalue weighted by Crippen LogP contribution is 2.17. The molecule has 2 N–H and O–H groups in total. The summed E-state index contributed by atoms with van der Waals surface area (Å²) in [6.45, 7) is 4.88. The fourth-order valence-electron chi connectivity index (χ4n) is 2.19. The van der Waals surface area contributed by atoms with Crippen LogP contribution in [-0.2, 0) is 10.0 Å². The number of ether oxygens (including phenoxy) is 1. The van der Waals surface area contributed by atoms with Crippen LogP contribution in [0.5, 0.6) is 5.75 Å². The molecule has 0 aliphatic heterocycles. The first-order valence-electron chi connectivity index (χ1n) is 8.60. The summed E-state index contributed by atoms with van der Waals surface area (Å²) < 4.78 is 32.1. The summed E-state index contributed by atoms with van der Waals surface area (Å²) in [6, 6.07) is 13.0. The zero-order chi connectivity index (χ0) is 19.0. The van der Waals surface area contributed by atoms with Gasteiger partial charge in [-0.1, -0.05) is 19.9 Å². The molecule has 6 nitrogen and oxygen atoms in total. The van der Waals surface area contributed by atoms with E-state index in [0.29, 0.717) is 36.6 Å². The Morgan fingerprint density at radius 1 is 1.04 bits per heavy atom. The molecule has 0 spiro atoms. The molecule has 2 rings (SSSR count). The minimum absolute atomic E-state index is 0.166. The monoisotopic (exact) mass is 376 g/mol. The van der Waals surface area contributed by atoms with Gasteiger partial charge in [0.1, 0.15) is 5.75 Å². The van der Waals surface area contributed by atoms with E-state index in [9.17, 15) is 13.2 Å². The number of sulfonamides is 1. The second kappa shape index (κ2) is 9.35. The van der Waals surface area contributed by atoms with E-state index in [-0.39, 0.29) is 10.8 Å². The van der Waals surface area contributed by atoms with Gasteiger partial charge >= 0.3 is 0 Å². The third-order valence-corrected chi connectivity index (χ3v) is 5.01. The Labute approximate surface area is 154 Å². The molecule has 1 amide bonds. The van der Waals surface area contributed by atoms with Crippen molar-refractivity contribution in [2.24, 2.45) is 0 Å². The number of amides is 1. The van der Waals surface area contributed by atoms with E-state index in [0.717, 1.165) is 6.42 Å². The van der Waals surface area contributed by atoms with Crippen LogP contribution in [-0.4, -0.2) is 27.5 Å². The van der Waals surface area contributed by atoms with Gasteiger partial charge < -0.3 is 10.1 Å². The maximum absolute atomic E-state index is 12.4. The third kappa shape index (κ3) is 5.57. The van der Waals surface area contributed by atoms with Gasteiger partial charge in [-0.15, -0.1) is 0 Å². The molecular formula is C19H24N2O4S. The van der Waals surface area contributed by atoms with Crippen molar-refractivity contribution in [2.75, 3.05) is 18.5 Å². The van der Waals surface area contributed by atoms with Crippen molar-refractivity contribution in [3.05, 3.63) is 54.1 Å². The van der Waals surface area contributed by atoms with Crippen LogP contribution < -0.4 is 14.8 Å². The van der Waals surface area contributed by atoms with Gasteiger partial charge in [-0.2, -0.15) is 0 Å². The maximum atomic E-state index is 12.4. The van der Waals surface area contributed by atoms with Gasteiger partial charge in [0, 0.05) is 17.8 Å². The molecule has 2 aromatic rings. The van der Waals surface area contributed by atoms with Crippen molar-refractivity contribution in [3.63, 3.8) is 0 Å². The summed E-state index contributed by atoms with van der Waals surface area (Å²) in [7, 11) is -3.51. The van der Waals surface area contributed by atoms with Crippen molar-refractivity contribution in [1.29, 1.82) is 0 Å². The summed E-state index contributed by atoms with van der Waals surface area (Å²) in [5.41, 5.74) is 0.990. The predicted molar refractivity (Wildman–Crippen MR) is 102 cm³/mol. The van der Waals surface area contributed by atoms with Crippen LogP contribution in [0.3, 0.4) is 0 Å². The fraction of sp³-hybridized carbons (Fsp3) is 0.316. The van der Waals surface area contributed by atoms with Crippen molar-refractivity contribution in [3.8, 4) is 5.75 Å². The Hall–Kier alpha value is -2.38. The summed E-state index contributed by atoms with van der Waals surface area (Å²) in [5, 5.41) is 2.75. The Balaban J connectivity index is 2.06. The van der Waals surface area contributed by atoms with Crippen LogP contribution in [0.25, 0.3) is 0 Å². The summed E-state index contributed by atoms with van der Waals surface area (Å²) in [6.07, 6.45) is 1.60. The van der Waals surface area contributed by atoms with Gasteiger partial charge in [-0.25, -0.2) is 13.1 Å². The SMILES string of the molecule is CCCNS(=O)(=O)c1ccc(NC(=O)c2cccc(OCCC)c2)cc1. The maximum Gasteiger partial charge on any atom is 0.255 e. The molecule has 0 saturated carbocycles. The first-order chi connectivity index (χ1) is 12.5. The van der Waals surface area contributed by atoms with E-state index in [1.165, 1.54) is 12.1 Å². The lowest BCUT2D eigenvalue weighted by molar-refractivity contribution is 0.102. The molecule has 2 aromatic carbocycles. The second-order valence-electron chi connectivity index (χ2n) is 5.75. The fourth-order valence-corrected chi connectivity index (χ4v) is 3.32. The molecule has 140 valence electrons. The van der Waals surface area contributed by atoms with Gasteiger partial charge in [-0.05, 0) is 55.3 Å². The van der Waals surface area contributed by atoms with E-state index in [2.05, 4.69) is 10.0 Å². The molecule has 26 heavy (non-hydrogen) atoms. The number of hydrogen-bond acceptors (Lipinski definition) is 4. The van der Waals surface area contributed by atoms with Crippen molar-refractivity contribution in [2.45, 2.75) is 31.6 Å². The Bertz CT molecular complexity index is 833. The number of benzene rings is 2. The molecule has 0 radical (unpaired) electrons. The Morgan fingerprint density at radius 3 is 2.42 bits per heavy atom. The largest absolute Gasteiger partial charge is 0.494 e. The molecule has 0 fully saturated rings. The minimum Gasteiger partial charge on any atom is -0.494 e. The summed E-state index contributed by atoms with van der Waals surface area (Å²) in [4.78, 5) is 12.5. The van der Waals surface area contributed by atoms with Crippen LogP contribution >= 0.6 is 0 Å². The molecule has 7 heteroatoms. The quantitative estimate of drug-likeness (QED) is 0.702. The smallest absolute Gasteiger partial charge is 0.255 e. The molecule has 0 heterocycles. The summed E-state index contributed by atoms with van der Waals surface area (Å²) in [5.74, 6) is 0.356. The van der Waals surface area contributed by atoms with Gasteiger partial charge in [0.25, 0.3) is 5.91 Å². The normalized spacial score (nSPS) is 11.2. The van der Waals surface area contributed by atoms with Crippen LogP contribution in [0.1, 0.15) is 37.0 Å². The molecule has 0 unspecified atom stereocenters. The Kier molecular flexibility index (Phi) is 7.17. The average Bonchev–Trinajstić information content (AvgIpc) is 2.65. The number of rotatable bonds is 9. The van der Waals surface area contributed by atoms with Gasteiger partial charge in [0.15, 0.2) is 0 Å². The van der Waals surface area contributed by atoms with Crippen LogP contribution in [0.4, 0.5) is 5.69 Å². The van der Waals surface area contributed by atoms with Gasteiger partial charge in [0.05, 0.1) is 11.5 Å². The van der Waals surface area contributed by atoms with E-state index in [1.807, 2.05) is 13.8 Å². The highest BCUT2D eigenvalue weighted by Gasteiger charge is 2.13. The topological polar surface area (TPSA) is 84.5 Å². The number of carbonyl (C=O) groups excluding carboxylic acids is 1. The average molecular weight is 376 g/mol. The second-order valence-corrected chi connectivity index (χ2v) is 7.52. The highest BCUT2D eigenvalue weighted by atomic mass is 32.2. The lowest BCUT2D eigenvalue weighted by atomic mass is 10.2. The van der Waals surface area contributed by atoms with E-state index in [1.54, 1.807) is 36.4 Å². The molecular weight excluding hydrogens is 352 g/mol. The van der Waals surface area contributed by atoms with Gasteiger partial charge in [0.2, 0.25) is 10.0 Å². The molecule has 0 aromatic heterocycles. The first kappa shape index (κ1) is 19.9. The van der Waals surface area contributed by atoms with Crippen molar-refractivity contribution < 1.29 is 17.9 Å². The molecule has 0 aliphatic rings. The minimum atomic E-state index is -3.51. The van der Waals surface area contributed by atoms with Crippen LogP contribution in [0.15, 0.2) is 53.4 Å². The lowest BCUT2D eigenvalue weighted by Crippen LogP contribution is -2.24. The molecule has 0 bridgehead atoms. The predicted octanol–water partition coefficient (Wildman–Crippen LogP) is 3.42. The Morgan fingerprint density at radius 2 is 1.77 bits per heavy atom. The van der Waals surface area contributed by atoms with E-state index < -0.39 is 10.0 Å². The lowest BCUT2D eigenvalue weighted by Gasteiger charge is -2.09. The highest BCUT2D eigenvalue weighted by molar-refractivity contribution is 7.89. The zero-order valence-corrected chi connectivity index (χ0v) is 15.8. The van der Waals surface area contributed by atoms with E-state index >= 15 is 0 Å². The molecule has 0 atom stereocenters. The van der Waals surface area contributed by atoms with Gasteiger partial charge in [-0.3, -0.25) is 4.79 Å². The molecule has 0 saturated heterocycles. The first-order valence-corrected chi connectivity index (χ1v) is 10.1. The number of nitrogens with one attached hydrogen (secondary N) is 2. The number of carbonyl (C=O) groups is 1. The van der Waals surface area contributed by atoms with Crippen molar-refractivity contribution >= 4 is 21.6 Å². The summed E-state index contributed by atoms with van der Waals surface area (Å²) >= 11 is 0. The number of hydrogen-bond donors (Lipinski definition) is 2. The number of anilines is 1. The van der Waals surface area contributed by atoms with Crippen molar-refractivity contribution in [1.82, 2.24) is 4.72 Å². The zero-order valence-electron chi connectivity index (χ0n) is 15.0. The standard InChI is InChI=1S/C19H24N2O4S/c1-3-12-20-26(23,24)18-10-8-16(9-11-18)21-19(22)15-6-5-7-17(14-15)25-13-4-2/h5-11,14,20H,3-4,12-13H2,1-2H3,(H,21,22). The third-order valence-electron chi connectivity index (χ3n) is 3.53.